The van der Waals surface area contributed by atoms with E-state index in [-0.39, 0.29) is 18.5 Å². The van der Waals surface area contributed by atoms with E-state index in [4.69, 9.17) is 4.74 Å². The second kappa shape index (κ2) is 7.00. The molecular formula is C16H13NO4. The Morgan fingerprint density at radius 2 is 1.67 bits per heavy atom. The summed E-state index contributed by atoms with van der Waals surface area (Å²) in [5, 5.41) is 2.54. The molecule has 0 aliphatic carbocycles. The van der Waals surface area contributed by atoms with E-state index in [0.717, 1.165) is 5.56 Å². The fraction of sp³-hybridized carbons (Fsp3) is 0.0625. The summed E-state index contributed by atoms with van der Waals surface area (Å²) in [7, 11) is 0. The van der Waals surface area contributed by atoms with Crippen molar-refractivity contribution in [3.63, 3.8) is 0 Å². The minimum atomic E-state index is -0.604. The van der Waals surface area contributed by atoms with Gasteiger partial charge in [0, 0.05) is 11.3 Å². The molecular weight excluding hydrogens is 270 g/mol. The van der Waals surface area contributed by atoms with Gasteiger partial charge < -0.3 is 4.74 Å². The van der Waals surface area contributed by atoms with Gasteiger partial charge in [-0.25, -0.2) is 4.79 Å². The smallest absolute Gasteiger partial charge is 0.411 e. The third-order valence-corrected chi connectivity index (χ3v) is 2.74. The lowest BCUT2D eigenvalue weighted by Crippen LogP contribution is -2.13. The number of benzene rings is 2. The Morgan fingerprint density at radius 1 is 1.00 bits per heavy atom. The number of nitrogens with one attached hydrogen (secondary N) is 1. The molecule has 0 aliphatic heterocycles. The Bertz CT molecular complexity index is 635. The first-order valence-electron chi connectivity index (χ1n) is 6.26. The molecule has 21 heavy (non-hydrogen) atoms. The van der Waals surface area contributed by atoms with Crippen LogP contribution in [0.2, 0.25) is 0 Å². The van der Waals surface area contributed by atoms with Gasteiger partial charge in [0.15, 0.2) is 6.29 Å². The molecule has 0 atom stereocenters. The van der Waals surface area contributed by atoms with Crippen molar-refractivity contribution in [2.45, 2.75) is 6.61 Å². The molecule has 0 radical (unpaired) electrons. The Kier molecular flexibility index (Phi) is 4.82. The van der Waals surface area contributed by atoms with E-state index in [0.29, 0.717) is 5.69 Å². The van der Waals surface area contributed by atoms with Crippen molar-refractivity contribution in [1.82, 2.24) is 0 Å². The first-order valence-corrected chi connectivity index (χ1v) is 6.26. The van der Waals surface area contributed by atoms with Gasteiger partial charge in [0.05, 0.1) is 0 Å². The van der Waals surface area contributed by atoms with Crippen LogP contribution in [0.25, 0.3) is 0 Å². The number of carbonyl (C=O) groups excluding carboxylic acids is 3. The van der Waals surface area contributed by atoms with Crippen molar-refractivity contribution in [2.24, 2.45) is 0 Å². The van der Waals surface area contributed by atoms with E-state index in [1.54, 1.807) is 0 Å². The molecule has 2 aromatic carbocycles. The Balaban J connectivity index is 1.88. The van der Waals surface area contributed by atoms with Crippen LogP contribution in [0.1, 0.15) is 15.9 Å². The van der Waals surface area contributed by atoms with Crippen molar-refractivity contribution in [3.8, 4) is 0 Å². The summed E-state index contributed by atoms with van der Waals surface area (Å²) in [5.41, 5.74) is 1.64. The van der Waals surface area contributed by atoms with Crippen LogP contribution in [0.5, 0.6) is 0 Å². The summed E-state index contributed by atoms with van der Waals surface area (Å²) >= 11 is 0. The first-order chi connectivity index (χ1) is 10.2. The zero-order valence-electron chi connectivity index (χ0n) is 11.1. The average Bonchev–Trinajstić information content (AvgIpc) is 2.54. The molecule has 0 spiro atoms. The Labute approximate surface area is 121 Å². The molecule has 0 aromatic heterocycles. The van der Waals surface area contributed by atoms with Crippen molar-refractivity contribution in [1.29, 1.82) is 0 Å². The van der Waals surface area contributed by atoms with E-state index < -0.39 is 11.9 Å². The zero-order chi connectivity index (χ0) is 15.1. The maximum Gasteiger partial charge on any atom is 0.411 e. The first kappa shape index (κ1) is 14.5. The Morgan fingerprint density at radius 3 is 2.29 bits per heavy atom. The van der Waals surface area contributed by atoms with Crippen LogP contribution in [-0.4, -0.2) is 18.2 Å². The van der Waals surface area contributed by atoms with Gasteiger partial charge in [-0.3, -0.25) is 14.9 Å². The van der Waals surface area contributed by atoms with Crippen LogP contribution >= 0.6 is 0 Å². The molecule has 0 unspecified atom stereocenters. The molecule has 2 aromatic rings. The van der Waals surface area contributed by atoms with Gasteiger partial charge in [-0.1, -0.05) is 30.3 Å². The summed E-state index contributed by atoms with van der Waals surface area (Å²) in [6.45, 7) is 0.175. The molecule has 0 saturated carbocycles. The molecule has 0 heterocycles. The molecule has 1 amide bonds. The molecule has 0 aliphatic rings. The SMILES string of the molecule is O=CC(=O)c1ccc(NC(=O)OCc2ccccc2)cc1. The number of amides is 1. The van der Waals surface area contributed by atoms with Crippen LogP contribution in [0, 0.1) is 0 Å². The molecule has 0 bridgehead atoms. The van der Waals surface area contributed by atoms with Crippen LogP contribution in [-0.2, 0) is 16.1 Å². The molecule has 5 heteroatoms. The van der Waals surface area contributed by atoms with Gasteiger partial charge in [-0.2, -0.15) is 0 Å². The molecule has 2 rings (SSSR count). The highest BCUT2D eigenvalue weighted by atomic mass is 16.5. The number of ketones is 1. The van der Waals surface area contributed by atoms with E-state index in [1.807, 2.05) is 30.3 Å². The predicted molar refractivity (Wildman–Crippen MR) is 77.1 cm³/mol. The van der Waals surface area contributed by atoms with Crippen LogP contribution in [0.4, 0.5) is 10.5 Å². The van der Waals surface area contributed by atoms with E-state index in [9.17, 15) is 14.4 Å². The second-order valence-electron chi connectivity index (χ2n) is 4.25. The van der Waals surface area contributed by atoms with Crippen molar-refractivity contribution >= 4 is 23.9 Å². The third-order valence-electron chi connectivity index (χ3n) is 2.74. The maximum absolute atomic E-state index is 11.6. The van der Waals surface area contributed by atoms with Gasteiger partial charge in [-0.15, -0.1) is 0 Å². The highest BCUT2D eigenvalue weighted by Crippen LogP contribution is 2.10. The molecule has 5 nitrogen and oxygen atoms in total. The topological polar surface area (TPSA) is 72.5 Å². The lowest BCUT2D eigenvalue weighted by Gasteiger charge is -2.07. The van der Waals surface area contributed by atoms with Gasteiger partial charge in [0.1, 0.15) is 6.61 Å². The Hall–Kier alpha value is -2.95. The van der Waals surface area contributed by atoms with Crippen LogP contribution < -0.4 is 5.32 Å². The number of rotatable bonds is 5. The quantitative estimate of drug-likeness (QED) is 0.520. The predicted octanol–water partition coefficient (Wildman–Crippen LogP) is 2.82. The van der Waals surface area contributed by atoms with Crippen LogP contribution in [0.15, 0.2) is 54.6 Å². The summed E-state index contributed by atoms with van der Waals surface area (Å²) in [6.07, 6.45) is -0.343. The largest absolute Gasteiger partial charge is 0.444 e. The van der Waals surface area contributed by atoms with Crippen molar-refractivity contribution < 1.29 is 19.1 Å². The number of Topliss-reactive ketones (excluding diaryl/α,β-unsaturated/α-hetero) is 1. The average molecular weight is 283 g/mol. The monoisotopic (exact) mass is 283 g/mol. The number of anilines is 1. The number of aldehydes is 1. The van der Waals surface area contributed by atoms with Crippen molar-refractivity contribution in [2.75, 3.05) is 5.32 Å². The molecule has 106 valence electrons. The summed E-state index contributed by atoms with van der Waals surface area (Å²) in [4.78, 5) is 33.1. The number of hydrogen-bond acceptors (Lipinski definition) is 4. The summed E-state index contributed by atoms with van der Waals surface area (Å²) < 4.78 is 5.06. The van der Waals surface area contributed by atoms with Gasteiger partial charge in [-0.05, 0) is 29.8 Å². The number of hydrogen-bond donors (Lipinski definition) is 1. The standard InChI is InChI=1S/C16H13NO4/c18-10-15(19)13-6-8-14(9-7-13)17-16(20)21-11-12-4-2-1-3-5-12/h1-10H,11H2,(H,17,20). The van der Waals surface area contributed by atoms with Crippen LogP contribution in [0.3, 0.4) is 0 Å². The van der Waals surface area contributed by atoms with Gasteiger partial charge in [0.2, 0.25) is 5.78 Å². The third kappa shape index (κ3) is 4.28. The highest BCUT2D eigenvalue weighted by molar-refractivity contribution is 6.33. The molecule has 0 fully saturated rings. The lowest BCUT2D eigenvalue weighted by atomic mass is 10.1. The zero-order valence-corrected chi connectivity index (χ0v) is 11.1. The fourth-order valence-electron chi connectivity index (χ4n) is 1.66. The normalized spacial score (nSPS) is 9.71. The second-order valence-corrected chi connectivity index (χ2v) is 4.25. The van der Waals surface area contributed by atoms with Crippen molar-refractivity contribution in [3.05, 3.63) is 65.7 Å². The molecule has 0 saturated heterocycles. The number of ether oxygens (including phenoxy) is 1. The minimum absolute atomic E-state index is 0.175. The lowest BCUT2D eigenvalue weighted by molar-refractivity contribution is -0.104. The summed E-state index contributed by atoms with van der Waals surface area (Å²) in [6, 6.07) is 15.3. The van der Waals surface area contributed by atoms with Gasteiger partial charge in [0.25, 0.3) is 0 Å². The molecule has 1 N–H and O–H groups in total. The minimum Gasteiger partial charge on any atom is -0.444 e. The highest BCUT2D eigenvalue weighted by Gasteiger charge is 2.06. The van der Waals surface area contributed by atoms with E-state index in [2.05, 4.69) is 5.32 Å². The number of carbonyl (C=O) groups is 3. The van der Waals surface area contributed by atoms with Gasteiger partial charge >= 0.3 is 6.09 Å². The maximum atomic E-state index is 11.6. The van der Waals surface area contributed by atoms with E-state index >= 15 is 0 Å². The van der Waals surface area contributed by atoms with E-state index in [1.165, 1.54) is 24.3 Å². The summed E-state index contributed by atoms with van der Waals surface area (Å²) in [5.74, 6) is -0.604. The fourth-order valence-corrected chi connectivity index (χ4v) is 1.66.